The molecule has 3 saturated heterocycles. The minimum Gasteiger partial charge on any atom is -0.441 e. The van der Waals surface area contributed by atoms with E-state index in [0.29, 0.717) is 57.0 Å². The molecule has 6 nitrogen and oxygen atoms in total. The number of benzene rings is 3. The van der Waals surface area contributed by atoms with Crippen LogP contribution in [0.4, 0.5) is 18.0 Å². The predicted molar refractivity (Wildman–Crippen MR) is 161 cm³/mol. The van der Waals surface area contributed by atoms with E-state index in [0.717, 1.165) is 55.6 Å². The van der Waals surface area contributed by atoms with Gasteiger partial charge in [0.25, 0.3) is 5.91 Å². The van der Waals surface area contributed by atoms with E-state index in [9.17, 15) is 22.8 Å². The summed E-state index contributed by atoms with van der Waals surface area (Å²) >= 11 is 0. The first-order chi connectivity index (χ1) is 21.2. The van der Waals surface area contributed by atoms with E-state index < -0.39 is 17.3 Å². The summed E-state index contributed by atoms with van der Waals surface area (Å²) in [6.45, 7) is 4.39. The second-order valence-corrected chi connectivity index (χ2v) is 12.5. The summed E-state index contributed by atoms with van der Waals surface area (Å²) in [5.41, 5.74) is 2.59. The lowest BCUT2D eigenvalue weighted by molar-refractivity contribution is -0.137. The lowest BCUT2D eigenvalue weighted by atomic mass is 9.90. The molecule has 3 aromatic carbocycles. The molecule has 0 saturated carbocycles. The van der Waals surface area contributed by atoms with Gasteiger partial charge in [-0.2, -0.15) is 13.2 Å². The highest BCUT2D eigenvalue weighted by molar-refractivity contribution is 5.94. The van der Waals surface area contributed by atoms with Crippen LogP contribution in [0.2, 0.25) is 0 Å². The van der Waals surface area contributed by atoms with Crippen molar-refractivity contribution in [2.24, 2.45) is 5.92 Å². The van der Waals surface area contributed by atoms with Crippen molar-refractivity contribution in [1.29, 1.82) is 0 Å². The van der Waals surface area contributed by atoms with E-state index in [2.05, 4.69) is 29.2 Å². The Morgan fingerprint density at radius 3 is 2.05 bits per heavy atom. The summed E-state index contributed by atoms with van der Waals surface area (Å²) in [6, 6.07) is 23.3. The number of hydrogen-bond donors (Lipinski definition) is 0. The highest BCUT2D eigenvalue weighted by Crippen LogP contribution is 2.35. The van der Waals surface area contributed by atoms with Crippen LogP contribution in [0.3, 0.4) is 0 Å². The number of piperidine rings is 2. The van der Waals surface area contributed by atoms with Crippen LogP contribution in [0, 0.1) is 5.92 Å². The second-order valence-electron chi connectivity index (χ2n) is 12.5. The van der Waals surface area contributed by atoms with Gasteiger partial charge < -0.3 is 9.64 Å². The van der Waals surface area contributed by atoms with Crippen molar-refractivity contribution < 1.29 is 27.5 Å². The van der Waals surface area contributed by atoms with Crippen LogP contribution in [0.15, 0.2) is 78.9 Å². The van der Waals surface area contributed by atoms with Crippen molar-refractivity contribution in [2.75, 3.05) is 32.7 Å². The molecule has 44 heavy (non-hydrogen) atoms. The molecule has 0 aliphatic carbocycles. The maximum absolute atomic E-state index is 13.2. The van der Waals surface area contributed by atoms with Gasteiger partial charge in [-0.05, 0) is 66.1 Å². The molecule has 3 aliphatic rings. The zero-order valence-corrected chi connectivity index (χ0v) is 24.8. The molecule has 0 bridgehead atoms. The van der Waals surface area contributed by atoms with Gasteiger partial charge in [0, 0.05) is 57.7 Å². The first-order valence-corrected chi connectivity index (χ1v) is 15.4. The van der Waals surface area contributed by atoms with E-state index in [4.69, 9.17) is 4.74 Å². The van der Waals surface area contributed by atoms with E-state index >= 15 is 0 Å². The number of alkyl halides is 3. The summed E-state index contributed by atoms with van der Waals surface area (Å²) < 4.78 is 44.5. The Morgan fingerprint density at radius 1 is 0.795 bits per heavy atom. The van der Waals surface area contributed by atoms with Crippen LogP contribution in [-0.2, 0) is 30.4 Å². The normalized spacial score (nSPS) is 19.4. The molecular formula is C35H38F3N3O3. The second kappa shape index (κ2) is 12.6. The average molecular weight is 606 g/mol. The molecule has 9 heteroatoms. The number of ether oxygens (including phenoxy) is 1. The minimum atomic E-state index is -4.34. The number of likely N-dealkylation sites (tertiary alicyclic amines) is 2. The predicted octanol–water partition coefficient (Wildman–Crippen LogP) is 6.79. The van der Waals surface area contributed by atoms with Gasteiger partial charge in [0.05, 0.1) is 12.1 Å². The van der Waals surface area contributed by atoms with Crippen LogP contribution in [0.5, 0.6) is 0 Å². The van der Waals surface area contributed by atoms with Crippen LogP contribution in [0.25, 0.3) is 0 Å². The fourth-order valence-corrected chi connectivity index (χ4v) is 6.69. The van der Waals surface area contributed by atoms with Gasteiger partial charge >= 0.3 is 12.3 Å². The van der Waals surface area contributed by atoms with Gasteiger partial charge in [-0.15, -0.1) is 0 Å². The van der Waals surface area contributed by atoms with E-state index in [1.54, 1.807) is 4.90 Å². The lowest BCUT2D eigenvalue weighted by Crippen LogP contribution is -2.46. The van der Waals surface area contributed by atoms with Gasteiger partial charge in [-0.25, -0.2) is 4.79 Å². The molecule has 0 atom stereocenters. The van der Waals surface area contributed by atoms with Gasteiger partial charge in [-0.3, -0.25) is 14.6 Å². The minimum absolute atomic E-state index is 0.0531. The lowest BCUT2D eigenvalue weighted by Gasteiger charge is -2.37. The Kier molecular flexibility index (Phi) is 8.67. The number of carbonyl (C=O) groups excluding carboxylic acids is 2. The van der Waals surface area contributed by atoms with Crippen molar-refractivity contribution in [3.05, 3.63) is 107 Å². The van der Waals surface area contributed by atoms with Crippen molar-refractivity contribution in [3.63, 3.8) is 0 Å². The monoisotopic (exact) mass is 605 g/mol. The number of amides is 2. The summed E-state index contributed by atoms with van der Waals surface area (Å²) in [5.74, 6) is 0.649. The molecule has 3 fully saturated rings. The molecule has 6 rings (SSSR count). The zero-order valence-electron chi connectivity index (χ0n) is 24.8. The van der Waals surface area contributed by atoms with Crippen molar-refractivity contribution in [2.45, 2.75) is 57.0 Å². The van der Waals surface area contributed by atoms with Gasteiger partial charge in [0.2, 0.25) is 0 Å². The number of rotatable bonds is 7. The standard InChI is InChI=1S/C35H38F3N3O3/c36-35(37,38)31-12-8-28(9-13-31)23-39-20-16-34(17-21-39)25-41(33(43)44-34)24-29-6-10-30(11-7-29)32(42)40-18-14-27(15-19-40)22-26-4-2-1-3-5-26/h1-13,27H,14-25H2. The van der Waals surface area contributed by atoms with E-state index in [-0.39, 0.29) is 12.0 Å². The van der Waals surface area contributed by atoms with E-state index in [1.165, 1.54) is 17.7 Å². The Labute approximate surface area is 256 Å². The number of halogens is 3. The number of hydrogen-bond acceptors (Lipinski definition) is 4. The number of nitrogens with zero attached hydrogens (tertiary/aromatic N) is 3. The van der Waals surface area contributed by atoms with Crippen LogP contribution < -0.4 is 0 Å². The molecule has 3 heterocycles. The van der Waals surface area contributed by atoms with Gasteiger partial charge in [0.1, 0.15) is 5.60 Å². The third kappa shape index (κ3) is 7.09. The van der Waals surface area contributed by atoms with E-state index in [1.807, 2.05) is 35.2 Å². The Bertz CT molecular complexity index is 1430. The Balaban J connectivity index is 0.963. The van der Waals surface area contributed by atoms with Crippen molar-refractivity contribution in [3.8, 4) is 0 Å². The summed E-state index contributed by atoms with van der Waals surface area (Å²) in [4.78, 5) is 31.8. The fourth-order valence-electron chi connectivity index (χ4n) is 6.69. The molecule has 0 aromatic heterocycles. The molecule has 2 amide bonds. The molecule has 1 spiro atoms. The molecule has 0 N–H and O–H groups in total. The smallest absolute Gasteiger partial charge is 0.416 e. The molecule has 232 valence electrons. The highest BCUT2D eigenvalue weighted by atomic mass is 19.4. The molecule has 0 unspecified atom stereocenters. The average Bonchev–Trinajstić information content (AvgIpc) is 3.33. The summed E-state index contributed by atoms with van der Waals surface area (Å²) in [7, 11) is 0. The Morgan fingerprint density at radius 2 is 1.41 bits per heavy atom. The zero-order chi connectivity index (χ0) is 30.7. The van der Waals surface area contributed by atoms with Crippen LogP contribution in [0.1, 0.15) is 58.3 Å². The third-order valence-electron chi connectivity index (χ3n) is 9.34. The molecule has 3 aromatic rings. The first-order valence-electron chi connectivity index (χ1n) is 15.4. The van der Waals surface area contributed by atoms with Crippen LogP contribution >= 0.6 is 0 Å². The topological polar surface area (TPSA) is 53.1 Å². The molecule has 0 radical (unpaired) electrons. The van der Waals surface area contributed by atoms with Crippen molar-refractivity contribution in [1.82, 2.24) is 14.7 Å². The SMILES string of the molecule is O=C1OC2(CCN(Cc3ccc(C(F)(F)F)cc3)CC2)CN1Cc1ccc(C(=O)N2CCC(Cc3ccccc3)CC2)cc1. The summed E-state index contributed by atoms with van der Waals surface area (Å²) in [6.07, 6.45) is -0.266. The third-order valence-corrected chi connectivity index (χ3v) is 9.34. The maximum atomic E-state index is 13.2. The highest BCUT2D eigenvalue weighted by Gasteiger charge is 2.46. The number of carbonyl (C=O) groups is 2. The Hall–Kier alpha value is -3.85. The molecular weight excluding hydrogens is 567 g/mol. The fraction of sp³-hybridized carbons (Fsp3) is 0.429. The maximum Gasteiger partial charge on any atom is 0.416 e. The molecule has 3 aliphatic heterocycles. The largest absolute Gasteiger partial charge is 0.441 e. The van der Waals surface area contributed by atoms with Gasteiger partial charge in [-0.1, -0.05) is 54.6 Å². The quantitative estimate of drug-likeness (QED) is 0.298. The van der Waals surface area contributed by atoms with Gasteiger partial charge in [0.15, 0.2) is 0 Å². The van der Waals surface area contributed by atoms with Crippen molar-refractivity contribution >= 4 is 12.0 Å². The summed E-state index contributed by atoms with van der Waals surface area (Å²) in [5, 5.41) is 0. The first kappa shape index (κ1) is 30.2. The van der Waals surface area contributed by atoms with Crippen LogP contribution in [-0.4, -0.2) is 65.0 Å².